The van der Waals surface area contributed by atoms with Gasteiger partial charge in [-0.25, -0.2) is 0 Å². The van der Waals surface area contributed by atoms with E-state index in [0.717, 1.165) is 37.2 Å². The lowest BCUT2D eigenvalue weighted by Gasteiger charge is -2.19. The molecule has 1 N–H and O–H groups in total. The monoisotopic (exact) mass is 402 g/mol. The Labute approximate surface area is 177 Å². The summed E-state index contributed by atoms with van der Waals surface area (Å²) in [5, 5.41) is 9.99. The van der Waals surface area contributed by atoms with Crippen molar-refractivity contribution in [3.05, 3.63) is 45.5 Å². The van der Waals surface area contributed by atoms with Crippen LogP contribution in [0.15, 0.2) is 27.4 Å². The molecule has 2 rings (SSSR count). The van der Waals surface area contributed by atoms with Gasteiger partial charge in [0.1, 0.15) is 11.5 Å². The molecule has 1 heterocycles. The first kappa shape index (κ1) is 23.9. The van der Waals surface area contributed by atoms with Gasteiger partial charge in [-0.15, -0.1) is 0 Å². The lowest BCUT2D eigenvalue weighted by atomic mass is 9.94. The van der Waals surface area contributed by atoms with Crippen LogP contribution < -0.4 is 5.43 Å². The molecule has 0 bridgehead atoms. The fourth-order valence-corrected chi connectivity index (χ4v) is 4.22. The van der Waals surface area contributed by atoms with Crippen LogP contribution in [0.5, 0.6) is 0 Å². The summed E-state index contributed by atoms with van der Waals surface area (Å²) in [7, 11) is 0. The van der Waals surface area contributed by atoms with E-state index >= 15 is 0 Å². The molecule has 0 spiro atoms. The number of aliphatic hydroxyl groups is 1. The van der Waals surface area contributed by atoms with Gasteiger partial charge in [-0.2, -0.15) is 0 Å². The first-order chi connectivity index (χ1) is 14.2. The predicted octanol–water partition coefficient (Wildman–Crippen LogP) is 7.20. The summed E-state index contributed by atoms with van der Waals surface area (Å²) in [5.74, 6) is 1.52. The number of unbranched alkanes of at least 4 members (excludes halogenated alkanes) is 11. The van der Waals surface area contributed by atoms with Crippen LogP contribution in [0.1, 0.15) is 126 Å². The van der Waals surface area contributed by atoms with Crippen molar-refractivity contribution in [3.63, 3.8) is 0 Å². The van der Waals surface area contributed by atoms with Gasteiger partial charge in [0.05, 0.1) is 11.7 Å². The Hall–Kier alpha value is -1.35. The van der Waals surface area contributed by atoms with E-state index in [0.29, 0.717) is 12.0 Å². The van der Waals surface area contributed by atoms with E-state index < -0.39 is 6.10 Å². The number of aliphatic hydroxyl groups excluding tert-OH is 1. The molecule has 29 heavy (non-hydrogen) atoms. The topological polar surface area (TPSA) is 50.4 Å². The molecule has 0 saturated heterocycles. The highest BCUT2D eigenvalue weighted by atomic mass is 16.3. The number of hydrogen-bond donors (Lipinski definition) is 1. The molecule has 1 aromatic rings. The highest BCUT2D eigenvalue weighted by Gasteiger charge is 2.23. The fraction of sp³-hybridized carbons (Fsp3) is 0.731. The highest BCUT2D eigenvalue weighted by Crippen LogP contribution is 2.27. The maximum atomic E-state index is 12.2. The normalized spacial score (nSPS) is 16.4. The predicted molar refractivity (Wildman–Crippen MR) is 121 cm³/mol. The van der Waals surface area contributed by atoms with Crippen molar-refractivity contribution in [2.75, 3.05) is 0 Å². The van der Waals surface area contributed by atoms with Crippen molar-refractivity contribution < 1.29 is 9.52 Å². The van der Waals surface area contributed by atoms with Crippen LogP contribution >= 0.6 is 0 Å². The van der Waals surface area contributed by atoms with Crippen LogP contribution in [0.4, 0.5) is 0 Å². The molecule has 164 valence electrons. The quantitative estimate of drug-likeness (QED) is 0.249. The molecule has 0 saturated carbocycles. The van der Waals surface area contributed by atoms with E-state index in [1.54, 1.807) is 6.07 Å². The molecule has 0 fully saturated rings. The van der Waals surface area contributed by atoms with E-state index in [-0.39, 0.29) is 5.43 Å². The summed E-state index contributed by atoms with van der Waals surface area (Å²) >= 11 is 0. The van der Waals surface area contributed by atoms with Crippen LogP contribution in [0.2, 0.25) is 0 Å². The summed E-state index contributed by atoms with van der Waals surface area (Å²) in [6, 6.07) is 1.60. The molecule has 0 amide bonds. The zero-order chi connectivity index (χ0) is 20.7. The average Bonchev–Trinajstić information content (AvgIpc) is 2.70. The Bertz CT molecular complexity index is 644. The van der Waals surface area contributed by atoms with E-state index in [9.17, 15) is 9.90 Å². The molecule has 0 radical (unpaired) electrons. The maximum Gasteiger partial charge on any atom is 0.191 e. The third-order valence-electron chi connectivity index (χ3n) is 6.01. The first-order valence-corrected chi connectivity index (χ1v) is 12.2. The molecule has 1 aliphatic carbocycles. The van der Waals surface area contributed by atoms with E-state index in [2.05, 4.69) is 19.1 Å². The van der Waals surface area contributed by atoms with Crippen LogP contribution in [0, 0.1) is 0 Å². The lowest BCUT2D eigenvalue weighted by Crippen LogP contribution is -2.20. The van der Waals surface area contributed by atoms with E-state index in [1.807, 2.05) is 0 Å². The second-order valence-corrected chi connectivity index (χ2v) is 8.66. The minimum absolute atomic E-state index is 0.0371. The molecule has 3 nitrogen and oxygen atoms in total. The van der Waals surface area contributed by atoms with Crippen LogP contribution in [0.25, 0.3) is 0 Å². The van der Waals surface area contributed by atoms with Crippen LogP contribution in [-0.4, -0.2) is 5.11 Å². The molecule has 1 aliphatic rings. The van der Waals surface area contributed by atoms with Gasteiger partial charge >= 0.3 is 0 Å². The summed E-state index contributed by atoms with van der Waals surface area (Å²) in [6.45, 7) is 2.24. The van der Waals surface area contributed by atoms with Gasteiger partial charge in [-0.3, -0.25) is 4.79 Å². The summed E-state index contributed by atoms with van der Waals surface area (Å²) in [4.78, 5) is 12.2. The number of rotatable bonds is 15. The van der Waals surface area contributed by atoms with Gasteiger partial charge < -0.3 is 9.52 Å². The zero-order valence-electron chi connectivity index (χ0n) is 18.6. The van der Waals surface area contributed by atoms with Gasteiger partial charge in [0.25, 0.3) is 0 Å². The van der Waals surface area contributed by atoms with Crippen LogP contribution in [0.3, 0.4) is 0 Å². The Balaban J connectivity index is 1.46. The Morgan fingerprint density at radius 2 is 1.59 bits per heavy atom. The number of hydrogen-bond acceptors (Lipinski definition) is 3. The van der Waals surface area contributed by atoms with Crippen molar-refractivity contribution in [1.29, 1.82) is 0 Å². The van der Waals surface area contributed by atoms with Crippen molar-refractivity contribution in [1.82, 2.24) is 0 Å². The minimum atomic E-state index is -0.633. The summed E-state index contributed by atoms with van der Waals surface area (Å²) in [6.07, 6.45) is 24.0. The van der Waals surface area contributed by atoms with Gasteiger partial charge in [-0.1, -0.05) is 76.9 Å². The molecular weight excluding hydrogens is 360 g/mol. The minimum Gasteiger partial charge on any atom is -0.465 e. The molecule has 0 aliphatic heterocycles. The van der Waals surface area contributed by atoms with E-state index in [1.165, 1.54) is 77.0 Å². The van der Waals surface area contributed by atoms with Gasteiger partial charge in [0.2, 0.25) is 0 Å². The molecule has 0 unspecified atom stereocenters. The average molecular weight is 403 g/mol. The van der Waals surface area contributed by atoms with Gasteiger partial charge in [0, 0.05) is 18.9 Å². The molecular formula is C26H42O3. The van der Waals surface area contributed by atoms with Crippen LogP contribution in [-0.2, 0) is 12.8 Å². The Morgan fingerprint density at radius 1 is 0.966 bits per heavy atom. The second kappa shape index (κ2) is 14.6. The Morgan fingerprint density at radius 3 is 2.28 bits per heavy atom. The summed E-state index contributed by atoms with van der Waals surface area (Å²) in [5.41, 5.74) is 0.470. The second-order valence-electron chi connectivity index (χ2n) is 8.66. The van der Waals surface area contributed by atoms with Gasteiger partial charge in [-0.05, 0) is 38.5 Å². The third kappa shape index (κ3) is 9.33. The SMILES string of the molecule is CCCC/C=C\CCCCCCCCCCCc1cc(=O)c2c(o1)CCC[C@@H]2O. The standard InChI is InChI=1S/C26H42O3/c1-2-3-4-5-6-7-8-9-10-11-12-13-14-15-16-18-22-21-24(28)26-23(27)19-17-20-25(26)29-22/h5-6,21,23,27H,2-4,7-20H2,1H3/b6-5-/t23-/m0/s1. The number of fused-ring (bicyclic) bond motifs is 1. The smallest absolute Gasteiger partial charge is 0.191 e. The Kier molecular flexibility index (Phi) is 12.0. The summed E-state index contributed by atoms with van der Waals surface area (Å²) < 4.78 is 5.91. The fourth-order valence-electron chi connectivity index (χ4n) is 4.22. The number of aryl methyl sites for hydroxylation is 2. The number of allylic oxidation sites excluding steroid dienone is 2. The maximum absolute atomic E-state index is 12.2. The first-order valence-electron chi connectivity index (χ1n) is 12.2. The van der Waals surface area contributed by atoms with E-state index in [4.69, 9.17) is 4.42 Å². The third-order valence-corrected chi connectivity index (χ3v) is 6.01. The van der Waals surface area contributed by atoms with Crippen molar-refractivity contribution in [2.45, 2.75) is 122 Å². The van der Waals surface area contributed by atoms with Crippen molar-refractivity contribution in [3.8, 4) is 0 Å². The zero-order valence-corrected chi connectivity index (χ0v) is 18.6. The molecule has 0 aromatic carbocycles. The molecule has 1 aromatic heterocycles. The molecule has 1 atom stereocenters. The van der Waals surface area contributed by atoms with Crippen molar-refractivity contribution in [2.24, 2.45) is 0 Å². The largest absolute Gasteiger partial charge is 0.465 e. The highest BCUT2D eigenvalue weighted by molar-refractivity contribution is 5.24. The van der Waals surface area contributed by atoms with Gasteiger partial charge in [0.15, 0.2) is 5.43 Å². The molecule has 3 heteroatoms. The lowest BCUT2D eigenvalue weighted by molar-refractivity contribution is 0.147. The van der Waals surface area contributed by atoms with Crippen molar-refractivity contribution >= 4 is 0 Å².